The van der Waals surface area contributed by atoms with Gasteiger partial charge in [-0.1, -0.05) is 18.2 Å². The lowest BCUT2D eigenvalue weighted by atomic mass is 9.76. The van der Waals surface area contributed by atoms with Crippen LogP contribution in [-0.4, -0.2) is 54.1 Å². The highest BCUT2D eigenvalue weighted by atomic mass is 16.5. The number of aliphatic hydroxyl groups is 1. The molecule has 0 aliphatic carbocycles. The summed E-state index contributed by atoms with van der Waals surface area (Å²) in [5, 5.41) is 13.7. The van der Waals surface area contributed by atoms with Crippen molar-refractivity contribution in [3.63, 3.8) is 0 Å². The van der Waals surface area contributed by atoms with E-state index in [2.05, 4.69) is 5.32 Å². The van der Waals surface area contributed by atoms with Crippen LogP contribution >= 0.6 is 0 Å². The van der Waals surface area contributed by atoms with Gasteiger partial charge in [0.25, 0.3) is 5.91 Å². The molecule has 1 aromatic rings. The summed E-state index contributed by atoms with van der Waals surface area (Å²) in [6.45, 7) is 2.52. The number of amides is 2. The van der Waals surface area contributed by atoms with E-state index in [9.17, 15) is 19.5 Å². The monoisotopic (exact) mass is 400 g/mol. The number of para-hydroxylation sites is 1. The van der Waals surface area contributed by atoms with Crippen LogP contribution in [0, 0.1) is 11.8 Å². The molecule has 3 aliphatic rings. The van der Waals surface area contributed by atoms with Crippen molar-refractivity contribution < 1.29 is 29.0 Å². The lowest BCUT2D eigenvalue weighted by molar-refractivity contribution is -0.146. The zero-order valence-electron chi connectivity index (χ0n) is 16.4. The van der Waals surface area contributed by atoms with Gasteiger partial charge in [0.05, 0.1) is 18.9 Å². The third-order valence-corrected chi connectivity index (χ3v) is 6.27. The zero-order valence-corrected chi connectivity index (χ0v) is 16.4. The van der Waals surface area contributed by atoms with E-state index in [1.54, 1.807) is 29.2 Å². The Morgan fingerprint density at radius 1 is 1.38 bits per heavy atom. The van der Waals surface area contributed by atoms with E-state index in [4.69, 9.17) is 9.47 Å². The number of likely N-dealkylation sites (tertiary alicyclic amines) is 1. The first-order valence-electron chi connectivity index (χ1n) is 9.70. The number of methoxy groups -OCH3 is 1. The summed E-state index contributed by atoms with van der Waals surface area (Å²) < 4.78 is 10.4. The summed E-state index contributed by atoms with van der Waals surface area (Å²) in [4.78, 5) is 38.9. The topological polar surface area (TPSA) is 105 Å². The van der Waals surface area contributed by atoms with Gasteiger partial charge in [0.1, 0.15) is 6.10 Å². The number of nitrogens with zero attached hydrogens (tertiary/aromatic N) is 1. The summed E-state index contributed by atoms with van der Waals surface area (Å²) >= 11 is 0. The highest BCUT2D eigenvalue weighted by Gasteiger charge is 2.47. The largest absolute Gasteiger partial charge is 0.497 e. The van der Waals surface area contributed by atoms with Crippen LogP contribution in [0.4, 0.5) is 5.69 Å². The van der Waals surface area contributed by atoms with Crippen LogP contribution in [-0.2, 0) is 29.5 Å². The highest BCUT2D eigenvalue weighted by molar-refractivity contribution is 6.04. The fraction of sp³-hybridized carbons (Fsp3) is 0.476. The minimum Gasteiger partial charge on any atom is -0.497 e. The standard InChI is InChI=1S/C21H24N2O6/c1-12-14-10-23(18(24)9-13(14)15(11-29-12)19(25)28-2)8-7-21(27)16-5-3-4-6-17(16)22-20(21)26/h3-6,11-14,27H,7-10H2,1-2H3,(H,22,26)/t12-,13+,14-,21+/m1/s1. The molecular weight excluding hydrogens is 376 g/mol. The van der Waals surface area contributed by atoms with Gasteiger partial charge in [-0.3, -0.25) is 9.59 Å². The van der Waals surface area contributed by atoms with Crippen molar-refractivity contribution in [2.24, 2.45) is 11.8 Å². The quantitative estimate of drug-likeness (QED) is 0.735. The molecule has 0 bridgehead atoms. The molecule has 0 aromatic heterocycles. The molecule has 3 aliphatic heterocycles. The summed E-state index contributed by atoms with van der Waals surface area (Å²) in [5.74, 6) is -1.40. The summed E-state index contributed by atoms with van der Waals surface area (Å²) in [6.07, 6.45) is 1.50. The van der Waals surface area contributed by atoms with Crippen molar-refractivity contribution in [3.05, 3.63) is 41.7 Å². The molecular formula is C21H24N2O6. The van der Waals surface area contributed by atoms with Crippen LogP contribution in [0.5, 0.6) is 0 Å². The van der Waals surface area contributed by atoms with Crippen LogP contribution in [0.3, 0.4) is 0 Å². The second-order valence-electron chi connectivity index (χ2n) is 7.83. The SMILES string of the molecule is COC(=O)C1=CO[C@H](C)[C@H]2CN(CC[C@@]3(O)C(=O)Nc4ccccc43)C(=O)C[C@H]12. The first-order valence-corrected chi connectivity index (χ1v) is 9.70. The fourth-order valence-corrected chi connectivity index (χ4v) is 4.52. The second-order valence-corrected chi connectivity index (χ2v) is 7.83. The van der Waals surface area contributed by atoms with Crippen molar-refractivity contribution in [1.82, 2.24) is 4.90 Å². The van der Waals surface area contributed by atoms with Crippen molar-refractivity contribution in [3.8, 4) is 0 Å². The highest BCUT2D eigenvalue weighted by Crippen LogP contribution is 2.40. The van der Waals surface area contributed by atoms with Crippen LogP contribution in [0.25, 0.3) is 0 Å². The summed E-state index contributed by atoms with van der Waals surface area (Å²) in [6, 6.07) is 7.01. The first-order chi connectivity index (χ1) is 13.8. The maximum Gasteiger partial charge on any atom is 0.337 e. The normalized spacial score (nSPS) is 30.7. The molecule has 29 heavy (non-hydrogen) atoms. The Morgan fingerprint density at radius 2 is 2.14 bits per heavy atom. The molecule has 0 unspecified atom stereocenters. The number of hydrogen-bond donors (Lipinski definition) is 2. The third kappa shape index (κ3) is 3.17. The number of fused-ring (bicyclic) bond motifs is 2. The van der Waals surface area contributed by atoms with Gasteiger partial charge in [0.2, 0.25) is 5.91 Å². The van der Waals surface area contributed by atoms with Crippen molar-refractivity contribution >= 4 is 23.5 Å². The molecule has 0 spiro atoms. The Balaban J connectivity index is 1.49. The van der Waals surface area contributed by atoms with Gasteiger partial charge >= 0.3 is 5.97 Å². The fourth-order valence-electron chi connectivity index (χ4n) is 4.52. The van der Waals surface area contributed by atoms with E-state index in [0.717, 1.165) is 0 Å². The molecule has 2 amide bonds. The van der Waals surface area contributed by atoms with E-state index in [0.29, 0.717) is 23.4 Å². The maximum atomic E-state index is 12.8. The molecule has 1 fully saturated rings. The Morgan fingerprint density at radius 3 is 2.90 bits per heavy atom. The van der Waals surface area contributed by atoms with Crippen molar-refractivity contribution in [2.75, 3.05) is 25.5 Å². The molecule has 4 atom stereocenters. The number of esters is 1. The van der Waals surface area contributed by atoms with Crippen molar-refractivity contribution in [2.45, 2.75) is 31.5 Å². The number of carbonyl (C=O) groups is 3. The van der Waals surface area contributed by atoms with Gasteiger partial charge in [0.15, 0.2) is 5.60 Å². The smallest absolute Gasteiger partial charge is 0.337 e. The summed E-state index contributed by atoms with van der Waals surface area (Å²) in [7, 11) is 1.30. The van der Waals surface area contributed by atoms with E-state index >= 15 is 0 Å². The predicted molar refractivity (Wildman–Crippen MR) is 102 cm³/mol. The van der Waals surface area contributed by atoms with Gasteiger partial charge in [-0.15, -0.1) is 0 Å². The number of ether oxygens (including phenoxy) is 2. The lowest BCUT2D eigenvalue weighted by Crippen LogP contribution is -2.52. The van der Waals surface area contributed by atoms with Gasteiger partial charge in [-0.2, -0.15) is 0 Å². The Hall–Kier alpha value is -2.87. The average molecular weight is 400 g/mol. The molecule has 154 valence electrons. The zero-order chi connectivity index (χ0) is 20.8. The van der Waals surface area contributed by atoms with Crippen LogP contribution in [0.1, 0.15) is 25.3 Å². The number of rotatable bonds is 4. The number of piperidine rings is 1. The third-order valence-electron chi connectivity index (χ3n) is 6.27. The van der Waals surface area contributed by atoms with E-state index in [1.807, 2.05) is 6.92 Å². The van der Waals surface area contributed by atoms with Crippen molar-refractivity contribution in [1.29, 1.82) is 0 Å². The Labute approximate surface area is 168 Å². The number of hydrogen-bond acceptors (Lipinski definition) is 6. The first kappa shape index (κ1) is 19.4. The molecule has 4 rings (SSSR count). The molecule has 2 N–H and O–H groups in total. The molecule has 0 saturated carbocycles. The number of carbonyl (C=O) groups excluding carboxylic acids is 3. The van der Waals surface area contributed by atoms with Gasteiger partial charge in [-0.05, 0) is 13.0 Å². The average Bonchev–Trinajstić information content (AvgIpc) is 2.97. The number of anilines is 1. The van der Waals surface area contributed by atoms with Gasteiger partial charge in [-0.25, -0.2) is 4.79 Å². The molecule has 1 aromatic carbocycles. The van der Waals surface area contributed by atoms with Gasteiger partial charge < -0.3 is 24.8 Å². The molecule has 8 nitrogen and oxygen atoms in total. The molecule has 8 heteroatoms. The molecule has 3 heterocycles. The van der Waals surface area contributed by atoms with E-state index < -0.39 is 17.5 Å². The predicted octanol–water partition coefficient (Wildman–Crippen LogP) is 1.16. The van der Waals surface area contributed by atoms with E-state index in [-0.39, 0.29) is 43.2 Å². The lowest BCUT2D eigenvalue weighted by Gasteiger charge is -2.43. The Kier molecular flexibility index (Phi) is 4.82. The second kappa shape index (κ2) is 7.18. The minimum atomic E-state index is -1.67. The summed E-state index contributed by atoms with van der Waals surface area (Å²) in [5.41, 5.74) is -0.171. The number of nitrogens with one attached hydrogen (secondary N) is 1. The number of benzene rings is 1. The molecule has 1 saturated heterocycles. The van der Waals surface area contributed by atoms with Crippen LogP contribution in [0.15, 0.2) is 36.1 Å². The maximum absolute atomic E-state index is 12.8. The minimum absolute atomic E-state index is 0.0638. The van der Waals surface area contributed by atoms with Crippen LogP contribution in [0.2, 0.25) is 0 Å². The van der Waals surface area contributed by atoms with E-state index in [1.165, 1.54) is 13.4 Å². The van der Waals surface area contributed by atoms with Gasteiger partial charge in [0, 0.05) is 49.0 Å². The molecule has 0 radical (unpaired) electrons. The van der Waals surface area contributed by atoms with Crippen LogP contribution < -0.4 is 5.32 Å². The Bertz CT molecular complexity index is 897.